The molecule has 2 heterocycles. The minimum absolute atomic E-state index is 1.34. The van der Waals surface area contributed by atoms with Crippen molar-refractivity contribution in [3.63, 3.8) is 0 Å². The monoisotopic (exact) mass is 250 g/mol. The summed E-state index contributed by atoms with van der Waals surface area (Å²) in [5.74, 6) is 0. The van der Waals surface area contributed by atoms with E-state index in [-0.39, 0.29) is 0 Å². The van der Waals surface area contributed by atoms with Crippen LogP contribution in [-0.2, 0) is 14.1 Å². The number of rotatable bonds is 0. The quantitative estimate of drug-likeness (QED) is 0.541. The highest BCUT2D eigenvalue weighted by Gasteiger charge is 2.20. The molecule has 0 fully saturated rings. The predicted molar refractivity (Wildman–Crippen MR) is 69.0 cm³/mol. The Morgan fingerprint density at radius 3 is 1.69 bits per heavy atom. The first kappa shape index (κ1) is 10.2. The van der Waals surface area contributed by atoms with Crippen molar-refractivity contribution in [1.29, 1.82) is 0 Å². The van der Waals surface area contributed by atoms with E-state index in [9.17, 15) is 0 Å². The van der Waals surface area contributed by atoms with Gasteiger partial charge in [0, 0.05) is 13.8 Å². The number of thiazole rings is 2. The SMILES string of the molecule is Cc1sc2cc3sc(C)[n+](C)c3cc2[n+]1C. The first-order valence-electron chi connectivity index (χ1n) is 5.26. The average molecular weight is 250 g/mol. The minimum atomic E-state index is 1.34. The van der Waals surface area contributed by atoms with Crippen molar-refractivity contribution < 1.29 is 9.13 Å². The van der Waals surface area contributed by atoms with Gasteiger partial charge in [-0.2, -0.15) is 9.13 Å². The third-order valence-corrected chi connectivity index (χ3v) is 5.46. The lowest BCUT2D eigenvalue weighted by Crippen LogP contribution is -2.31. The number of fused-ring (bicyclic) bond motifs is 2. The minimum Gasteiger partial charge on any atom is -0.189 e. The van der Waals surface area contributed by atoms with E-state index in [4.69, 9.17) is 0 Å². The van der Waals surface area contributed by atoms with Crippen molar-refractivity contribution in [2.45, 2.75) is 13.8 Å². The standard InChI is InChI=1S/C12H14N2S2/c1-7-13(3)9-5-10-12(6-11(9)15-7)16-8(2)14(10)4/h5-6H,1-4H3/q+2. The molecule has 0 aliphatic rings. The molecule has 0 N–H and O–H groups in total. The molecule has 0 saturated heterocycles. The first-order valence-corrected chi connectivity index (χ1v) is 6.89. The Labute approximate surface area is 102 Å². The maximum Gasteiger partial charge on any atom is 0.234 e. The summed E-state index contributed by atoms with van der Waals surface area (Å²) >= 11 is 3.74. The molecule has 0 aliphatic heterocycles. The van der Waals surface area contributed by atoms with Crippen LogP contribution in [0.5, 0.6) is 0 Å². The summed E-state index contributed by atoms with van der Waals surface area (Å²) in [4.78, 5) is 0. The highest BCUT2D eigenvalue weighted by molar-refractivity contribution is 7.20. The molecule has 0 bridgehead atoms. The largest absolute Gasteiger partial charge is 0.234 e. The maximum atomic E-state index is 2.32. The van der Waals surface area contributed by atoms with Crippen molar-refractivity contribution >= 4 is 43.1 Å². The van der Waals surface area contributed by atoms with E-state index in [1.54, 1.807) is 0 Å². The molecule has 0 aliphatic carbocycles. The van der Waals surface area contributed by atoms with Crippen LogP contribution in [0.4, 0.5) is 0 Å². The van der Waals surface area contributed by atoms with E-state index < -0.39 is 0 Å². The Morgan fingerprint density at radius 1 is 0.812 bits per heavy atom. The molecule has 0 unspecified atom stereocenters. The summed E-state index contributed by atoms with van der Waals surface area (Å²) < 4.78 is 7.31. The molecule has 3 aromatic rings. The number of nitrogens with zero attached hydrogens (tertiary/aromatic N) is 2. The van der Waals surface area contributed by atoms with Gasteiger partial charge >= 0.3 is 0 Å². The van der Waals surface area contributed by atoms with Gasteiger partial charge in [0.1, 0.15) is 23.5 Å². The second kappa shape index (κ2) is 3.25. The van der Waals surface area contributed by atoms with Gasteiger partial charge in [0.05, 0.1) is 6.07 Å². The Hall–Kier alpha value is -1.00. The van der Waals surface area contributed by atoms with E-state index in [0.29, 0.717) is 0 Å². The molecular formula is C12H14N2S2+2. The topological polar surface area (TPSA) is 7.76 Å². The highest BCUT2D eigenvalue weighted by atomic mass is 32.1. The summed E-state index contributed by atoms with van der Waals surface area (Å²) in [6.07, 6.45) is 0. The van der Waals surface area contributed by atoms with Crippen molar-refractivity contribution in [2.75, 3.05) is 0 Å². The van der Waals surface area contributed by atoms with Crippen molar-refractivity contribution in [3.8, 4) is 0 Å². The Bertz CT molecular complexity index is 649. The van der Waals surface area contributed by atoms with Crippen LogP contribution in [0.3, 0.4) is 0 Å². The Kier molecular flexibility index (Phi) is 2.06. The summed E-state index contributed by atoms with van der Waals surface area (Å²) in [5.41, 5.74) is 2.67. The zero-order valence-electron chi connectivity index (χ0n) is 9.87. The lowest BCUT2D eigenvalue weighted by Gasteiger charge is -1.87. The van der Waals surface area contributed by atoms with E-state index >= 15 is 0 Å². The van der Waals surface area contributed by atoms with Crippen LogP contribution >= 0.6 is 22.7 Å². The van der Waals surface area contributed by atoms with Gasteiger partial charge in [0.2, 0.25) is 21.0 Å². The molecule has 1 aromatic carbocycles. The number of aryl methyl sites for hydroxylation is 4. The lowest BCUT2D eigenvalue weighted by atomic mass is 10.3. The maximum absolute atomic E-state index is 2.32. The van der Waals surface area contributed by atoms with Crippen LogP contribution in [0, 0.1) is 13.8 Å². The smallest absolute Gasteiger partial charge is 0.189 e. The van der Waals surface area contributed by atoms with Crippen LogP contribution in [-0.4, -0.2) is 0 Å². The molecule has 3 rings (SSSR count). The summed E-state index contributed by atoms with van der Waals surface area (Å²) in [7, 11) is 4.28. The van der Waals surface area contributed by atoms with E-state index in [2.05, 4.69) is 49.2 Å². The zero-order valence-corrected chi connectivity index (χ0v) is 11.5. The highest BCUT2D eigenvalue weighted by Crippen LogP contribution is 2.27. The molecule has 16 heavy (non-hydrogen) atoms. The zero-order chi connectivity index (χ0) is 11.4. The molecule has 82 valence electrons. The van der Waals surface area contributed by atoms with Gasteiger partial charge in [0.25, 0.3) is 0 Å². The Balaban J connectivity index is 2.53. The lowest BCUT2D eigenvalue weighted by molar-refractivity contribution is -0.650. The van der Waals surface area contributed by atoms with Crippen LogP contribution in [0.25, 0.3) is 20.4 Å². The third-order valence-electron chi connectivity index (χ3n) is 3.22. The normalized spacial score (nSPS) is 11.8. The summed E-state index contributed by atoms with van der Waals surface area (Å²) in [5, 5.41) is 2.71. The fraction of sp³-hybridized carbons (Fsp3) is 0.333. The fourth-order valence-corrected chi connectivity index (χ4v) is 4.16. The van der Waals surface area contributed by atoms with Crippen LogP contribution in [0.1, 0.15) is 10.0 Å². The van der Waals surface area contributed by atoms with Crippen LogP contribution in [0.15, 0.2) is 12.1 Å². The van der Waals surface area contributed by atoms with Gasteiger partial charge in [-0.25, -0.2) is 0 Å². The number of aromatic nitrogens is 2. The van der Waals surface area contributed by atoms with E-state index in [1.807, 2.05) is 22.7 Å². The predicted octanol–water partition coefficient (Wildman–Crippen LogP) is 2.38. The molecule has 0 saturated carbocycles. The fourth-order valence-electron chi connectivity index (χ4n) is 2.02. The van der Waals surface area contributed by atoms with Crippen molar-refractivity contribution in [1.82, 2.24) is 0 Å². The van der Waals surface area contributed by atoms with Crippen molar-refractivity contribution in [3.05, 3.63) is 22.1 Å². The second-order valence-electron chi connectivity index (χ2n) is 4.15. The van der Waals surface area contributed by atoms with Crippen LogP contribution < -0.4 is 9.13 Å². The number of hydrogen-bond donors (Lipinski definition) is 0. The molecule has 0 amide bonds. The molecule has 2 aromatic heterocycles. The van der Waals surface area contributed by atoms with Gasteiger partial charge < -0.3 is 0 Å². The van der Waals surface area contributed by atoms with Gasteiger partial charge in [-0.1, -0.05) is 22.7 Å². The van der Waals surface area contributed by atoms with E-state index in [0.717, 1.165) is 0 Å². The van der Waals surface area contributed by atoms with Gasteiger partial charge in [0.15, 0.2) is 0 Å². The van der Waals surface area contributed by atoms with Gasteiger partial charge in [-0.05, 0) is 6.07 Å². The van der Waals surface area contributed by atoms with Gasteiger partial charge in [-0.3, -0.25) is 0 Å². The summed E-state index contributed by atoms with van der Waals surface area (Å²) in [6.45, 7) is 4.34. The number of hydrogen-bond acceptors (Lipinski definition) is 2. The Morgan fingerprint density at radius 2 is 1.25 bits per heavy atom. The molecular weight excluding hydrogens is 236 g/mol. The molecule has 4 heteroatoms. The molecule has 2 nitrogen and oxygen atoms in total. The molecule has 0 radical (unpaired) electrons. The second-order valence-corrected chi connectivity index (χ2v) is 6.62. The summed E-state index contributed by atoms with van der Waals surface area (Å²) in [6, 6.07) is 4.62. The average Bonchev–Trinajstić information content (AvgIpc) is 2.66. The molecule has 0 spiro atoms. The van der Waals surface area contributed by atoms with Crippen LogP contribution in [0.2, 0.25) is 0 Å². The third kappa shape index (κ3) is 1.23. The molecule has 0 atom stereocenters. The van der Waals surface area contributed by atoms with Gasteiger partial charge in [-0.15, -0.1) is 0 Å². The van der Waals surface area contributed by atoms with Crippen molar-refractivity contribution in [2.24, 2.45) is 14.1 Å². The number of benzene rings is 1. The first-order chi connectivity index (χ1) is 7.58. The van der Waals surface area contributed by atoms with E-state index in [1.165, 1.54) is 30.4 Å².